The lowest BCUT2D eigenvalue weighted by molar-refractivity contribution is 0.0257. The molecule has 1 heterocycles. The van der Waals surface area contributed by atoms with Gasteiger partial charge in [0.05, 0.1) is 6.61 Å². The second-order valence-corrected chi connectivity index (χ2v) is 3.23. The molecule has 60 valence electrons. The van der Waals surface area contributed by atoms with E-state index in [9.17, 15) is 4.39 Å². The summed E-state index contributed by atoms with van der Waals surface area (Å²) in [7, 11) is 0. The first-order chi connectivity index (χ1) is 4.69. The highest BCUT2D eigenvalue weighted by Gasteiger charge is 2.35. The van der Waals surface area contributed by atoms with Crippen molar-refractivity contribution in [3.63, 3.8) is 0 Å². The van der Waals surface area contributed by atoms with Crippen molar-refractivity contribution in [1.82, 2.24) is 5.32 Å². The zero-order valence-electron chi connectivity index (χ0n) is 6.23. The molecule has 0 spiro atoms. The third-order valence-electron chi connectivity index (χ3n) is 2.31. The number of hydrogen-bond acceptors (Lipinski definition) is 2. The summed E-state index contributed by atoms with van der Waals surface area (Å²) in [6.07, 6.45) is -0.170. The number of piperidine rings is 1. The molecule has 1 fully saturated rings. The molecule has 0 aromatic rings. The number of hydrogen-bond donors (Lipinski definition) is 2. The fourth-order valence-corrected chi connectivity index (χ4v) is 1.18. The first kappa shape index (κ1) is 7.95. The summed E-state index contributed by atoms with van der Waals surface area (Å²) < 4.78 is 13.0. The van der Waals surface area contributed by atoms with Gasteiger partial charge >= 0.3 is 0 Å². The molecule has 1 aliphatic heterocycles. The van der Waals surface area contributed by atoms with Gasteiger partial charge in [-0.05, 0) is 13.0 Å². The Bertz CT molecular complexity index is 120. The van der Waals surface area contributed by atoms with Crippen LogP contribution in [-0.4, -0.2) is 31.0 Å². The second-order valence-electron chi connectivity index (χ2n) is 3.23. The molecule has 1 rings (SSSR count). The van der Waals surface area contributed by atoms with E-state index in [0.717, 1.165) is 13.0 Å². The number of nitrogens with one attached hydrogen (secondary N) is 1. The maximum atomic E-state index is 13.0. The maximum Gasteiger partial charge on any atom is 0.120 e. The van der Waals surface area contributed by atoms with Gasteiger partial charge in [-0.1, -0.05) is 6.92 Å². The van der Waals surface area contributed by atoms with Crippen LogP contribution >= 0.6 is 0 Å². The molecular weight excluding hydrogens is 133 g/mol. The van der Waals surface area contributed by atoms with Crippen LogP contribution in [-0.2, 0) is 0 Å². The molecule has 0 aromatic carbocycles. The Hall–Kier alpha value is -0.150. The van der Waals surface area contributed by atoms with Crippen molar-refractivity contribution in [1.29, 1.82) is 0 Å². The number of rotatable bonds is 1. The summed E-state index contributed by atoms with van der Waals surface area (Å²) in [6, 6.07) is 0. The third kappa shape index (κ3) is 1.30. The normalized spacial score (nSPS) is 41.7. The minimum atomic E-state index is -0.897. The molecule has 0 amide bonds. The highest BCUT2D eigenvalue weighted by Crippen LogP contribution is 2.29. The quantitative estimate of drug-likeness (QED) is 0.559. The van der Waals surface area contributed by atoms with Gasteiger partial charge in [0.2, 0.25) is 0 Å². The smallest absolute Gasteiger partial charge is 0.120 e. The minimum absolute atomic E-state index is 0.0458. The zero-order chi connectivity index (χ0) is 7.61. The van der Waals surface area contributed by atoms with Crippen LogP contribution in [0.4, 0.5) is 4.39 Å². The lowest BCUT2D eigenvalue weighted by Crippen LogP contribution is -2.47. The van der Waals surface area contributed by atoms with Crippen LogP contribution < -0.4 is 5.32 Å². The van der Waals surface area contributed by atoms with Crippen molar-refractivity contribution in [2.45, 2.75) is 19.5 Å². The van der Waals surface area contributed by atoms with E-state index >= 15 is 0 Å². The highest BCUT2D eigenvalue weighted by molar-refractivity contribution is 4.87. The molecule has 1 aliphatic rings. The second kappa shape index (κ2) is 2.84. The molecule has 0 radical (unpaired) electrons. The van der Waals surface area contributed by atoms with E-state index in [1.165, 1.54) is 0 Å². The van der Waals surface area contributed by atoms with Crippen molar-refractivity contribution < 1.29 is 9.50 Å². The molecular formula is C7H14FNO. The Morgan fingerprint density at radius 2 is 2.50 bits per heavy atom. The van der Waals surface area contributed by atoms with E-state index in [1.54, 1.807) is 6.92 Å². The lowest BCUT2D eigenvalue weighted by atomic mass is 9.80. The molecule has 2 atom stereocenters. The monoisotopic (exact) mass is 147 g/mol. The van der Waals surface area contributed by atoms with Gasteiger partial charge in [-0.25, -0.2) is 4.39 Å². The first-order valence-corrected chi connectivity index (χ1v) is 3.65. The van der Waals surface area contributed by atoms with Gasteiger partial charge in [0.15, 0.2) is 0 Å². The molecule has 1 saturated heterocycles. The van der Waals surface area contributed by atoms with Crippen molar-refractivity contribution in [3.05, 3.63) is 0 Å². The zero-order valence-corrected chi connectivity index (χ0v) is 6.23. The van der Waals surface area contributed by atoms with E-state index in [4.69, 9.17) is 5.11 Å². The number of aliphatic hydroxyl groups is 1. The van der Waals surface area contributed by atoms with Gasteiger partial charge in [0, 0.05) is 12.0 Å². The van der Waals surface area contributed by atoms with Crippen LogP contribution in [0.3, 0.4) is 0 Å². The predicted octanol–water partition coefficient (Wildman–Crippen LogP) is 0.316. The molecule has 0 bridgehead atoms. The maximum absolute atomic E-state index is 13.0. The van der Waals surface area contributed by atoms with Crippen LogP contribution in [0, 0.1) is 5.41 Å². The Labute approximate surface area is 60.4 Å². The van der Waals surface area contributed by atoms with Crippen LogP contribution in [0.25, 0.3) is 0 Å². The fourth-order valence-electron chi connectivity index (χ4n) is 1.18. The van der Waals surface area contributed by atoms with Gasteiger partial charge < -0.3 is 10.4 Å². The summed E-state index contributed by atoms with van der Waals surface area (Å²) in [6.45, 7) is 2.95. The average molecular weight is 147 g/mol. The Morgan fingerprint density at radius 3 is 2.90 bits per heavy atom. The Kier molecular flexibility index (Phi) is 2.26. The summed E-state index contributed by atoms with van der Waals surface area (Å²) >= 11 is 0. The Balaban J connectivity index is 2.54. The standard InChI is InChI=1S/C7H14FNO/c1-7(5-10)2-3-9-4-6(7)8/h6,9-10H,2-5H2,1H3. The van der Waals surface area contributed by atoms with Gasteiger partial charge in [0.25, 0.3) is 0 Å². The SMILES string of the molecule is CC1(CO)CCNCC1F. The minimum Gasteiger partial charge on any atom is -0.396 e. The number of halogens is 1. The summed E-state index contributed by atoms with van der Waals surface area (Å²) in [5.74, 6) is 0. The topological polar surface area (TPSA) is 32.3 Å². The number of alkyl halides is 1. The van der Waals surface area contributed by atoms with Crippen molar-refractivity contribution >= 4 is 0 Å². The third-order valence-corrected chi connectivity index (χ3v) is 2.31. The fraction of sp³-hybridized carbons (Fsp3) is 1.00. The lowest BCUT2D eigenvalue weighted by Gasteiger charge is -2.35. The molecule has 2 nitrogen and oxygen atoms in total. The van der Waals surface area contributed by atoms with Gasteiger partial charge in [0.1, 0.15) is 6.17 Å². The highest BCUT2D eigenvalue weighted by atomic mass is 19.1. The van der Waals surface area contributed by atoms with Crippen LogP contribution in [0.15, 0.2) is 0 Å². The van der Waals surface area contributed by atoms with Crippen molar-refractivity contribution in [2.75, 3.05) is 19.7 Å². The molecule has 10 heavy (non-hydrogen) atoms. The molecule has 2 unspecified atom stereocenters. The largest absolute Gasteiger partial charge is 0.396 e. The Morgan fingerprint density at radius 1 is 1.80 bits per heavy atom. The van der Waals surface area contributed by atoms with Crippen LogP contribution in [0.1, 0.15) is 13.3 Å². The van der Waals surface area contributed by atoms with Gasteiger partial charge in [-0.3, -0.25) is 0 Å². The molecule has 0 saturated carbocycles. The summed E-state index contributed by atoms with van der Waals surface area (Å²) in [5.41, 5.74) is -0.495. The molecule has 0 aromatic heterocycles. The van der Waals surface area contributed by atoms with Crippen LogP contribution in [0.2, 0.25) is 0 Å². The average Bonchev–Trinajstić information content (AvgIpc) is 1.96. The van der Waals surface area contributed by atoms with Crippen molar-refractivity contribution in [2.24, 2.45) is 5.41 Å². The predicted molar refractivity (Wildman–Crippen MR) is 37.6 cm³/mol. The van der Waals surface area contributed by atoms with E-state index in [0.29, 0.717) is 6.54 Å². The van der Waals surface area contributed by atoms with Gasteiger partial charge in [-0.2, -0.15) is 0 Å². The van der Waals surface area contributed by atoms with E-state index in [2.05, 4.69) is 5.32 Å². The number of aliphatic hydroxyl groups excluding tert-OH is 1. The molecule has 3 heteroatoms. The van der Waals surface area contributed by atoms with Crippen LogP contribution in [0.5, 0.6) is 0 Å². The summed E-state index contributed by atoms with van der Waals surface area (Å²) in [5, 5.41) is 11.8. The van der Waals surface area contributed by atoms with Gasteiger partial charge in [-0.15, -0.1) is 0 Å². The molecule has 2 N–H and O–H groups in total. The molecule has 0 aliphatic carbocycles. The summed E-state index contributed by atoms with van der Waals surface area (Å²) in [4.78, 5) is 0. The van der Waals surface area contributed by atoms with E-state index in [1.807, 2.05) is 0 Å². The van der Waals surface area contributed by atoms with E-state index < -0.39 is 11.6 Å². The van der Waals surface area contributed by atoms with E-state index in [-0.39, 0.29) is 6.61 Å². The first-order valence-electron chi connectivity index (χ1n) is 3.65. The van der Waals surface area contributed by atoms with Crippen molar-refractivity contribution in [3.8, 4) is 0 Å².